The molecule has 6 rings (SSSR count). The van der Waals surface area contributed by atoms with Crippen molar-refractivity contribution < 1.29 is 106 Å². The zero-order chi connectivity index (χ0) is 41.1. The fraction of sp³-hybridized carbons (Fsp3) is 0.949. The molecule has 4 aliphatic carbocycles. The van der Waals surface area contributed by atoms with E-state index in [1.54, 1.807) is 0 Å². The topological polar surface area (TPSA) is 254 Å². The van der Waals surface area contributed by atoms with Crippen LogP contribution in [0.15, 0.2) is 12.2 Å². The van der Waals surface area contributed by atoms with Gasteiger partial charge in [0.15, 0.2) is 12.6 Å². The minimum Gasteiger partial charge on any atom is -0.726 e. The first-order valence-corrected chi connectivity index (χ1v) is 21.6. The van der Waals surface area contributed by atoms with Gasteiger partial charge in [0.2, 0.25) is 10.4 Å². The van der Waals surface area contributed by atoms with E-state index in [0.29, 0.717) is 19.3 Å². The summed E-state index contributed by atoms with van der Waals surface area (Å²) in [7, 11) is -4.07. The molecule has 2 aliphatic heterocycles. The fourth-order valence-electron chi connectivity index (χ4n) is 12.0. The van der Waals surface area contributed by atoms with Gasteiger partial charge in [-0.15, -0.1) is 0 Å². The van der Waals surface area contributed by atoms with Gasteiger partial charge in [-0.3, -0.25) is 4.18 Å². The summed E-state index contributed by atoms with van der Waals surface area (Å²) in [5.74, 6) is -0.601. The van der Waals surface area contributed by atoms with E-state index in [-0.39, 0.29) is 95.5 Å². The summed E-state index contributed by atoms with van der Waals surface area (Å²) >= 11 is 0. The third-order valence-electron chi connectivity index (χ3n) is 15.1. The molecule has 2 saturated heterocycles. The first kappa shape index (κ1) is 48.2. The average molecular weight is 845 g/mol. The summed E-state index contributed by atoms with van der Waals surface area (Å²) in [4.78, 5) is 0. The number of hydrogen-bond donors (Lipinski definition) is 7. The third-order valence-corrected chi connectivity index (χ3v) is 15.6. The molecule has 6 aliphatic rings. The van der Waals surface area contributed by atoms with Gasteiger partial charge in [0, 0.05) is 19.4 Å². The van der Waals surface area contributed by atoms with Crippen molar-refractivity contribution in [1.29, 1.82) is 0 Å². The monoisotopic (exact) mass is 844 g/mol. The molecule has 16 nitrogen and oxygen atoms in total. The van der Waals surface area contributed by atoms with E-state index in [1.165, 1.54) is 7.11 Å². The zero-order valence-corrected chi connectivity index (χ0v) is 37.1. The van der Waals surface area contributed by atoms with Crippen molar-refractivity contribution in [2.75, 3.05) is 26.9 Å². The molecule has 324 valence electrons. The third kappa shape index (κ3) is 9.42. The Hall–Kier alpha value is 0.130. The SMILES string of the molecule is CO[C@H]1[C@H](O[C@H]2[C@H](OC[C@@H](C)[C@H](C)/C=C/[C@@H](C)[C@H]3C[C@@H](O)[C@@H]4[C@]3(C)CC[C@@H]3[C@@]5(C)CC[C@H](O)C[C@@H]5[C@@H](O)C[C@]34O)OC[C@@H](O)[C@@H]2OS(=O)(=O)[O-])OC[C@@H](O)[C@@H]1O.[Na+]. The predicted octanol–water partition coefficient (Wildman–Crippen LogP) is -2.41. The van der Waals surface area contributed by atoms with Gasteiger partial charge >= 0.3 is 29.6 Å². The molecular weight excluding hydrogens is 779 g/mol. The summed E-state index contributed by atoms with van der Waals surface area (Å²) in [6.07, 6.45) is -4.88. The van der Waals surface area contributed by atoms with Crippen LogP contribution in [0.4, 0.5) is 0 Å². The van der Waals surface area contributed by atoms with Gasteiger partial charge in [-0.25, -0.2) is 8.42 Å². The van der Waals surface area contributed by atoms with Gasteiger partial charge in [0.05, 0.1) is 43.7 Å². The van der Waals surface area contributed by atoms with Crippen LogP contribution in [-0.2, 0) is 38.3 Å². The van der Waals surface area contributed by atoms with Crippen LogP contribution in [0.25, 0.3) is 0 Å². The quantitative estimate of drug-likeness (QED) is 0.0468. The molecule has 0 aromatic heterocycles. The smallest absolute Gasteiger partial charge is 0.726 e. The van der Waals surface area contributed by atoms with Crippen LogP contribution in [0.1, 0.15) is 79.6 Å². The van der Waals surface area contributed by atoms with Crippen LogP contribution in [0.3, 0.4) is 0 Å². The molecule has 18 heteroatoms. The van der Waals surface area contributed by atoms with E-state index < -0.39 is 96.0 Å². The Balaban J connectivity index is 0.00000620. The fourth-order valence-corrected chi connectivity index (χ4v) is 12.5. The maximum atomic E-state index is 12.6. The van der Waals surface area contributed by atoms with Gasteiger partial charge in [-0.1, -0.05) is 46.8 Å². The van der Waals surface area contributed by atoms with Crippen molar-refractivity contribution in [3.8, 4) is 0 Å². The summed E-state index contributed by atoms with van der Waals surface area (Å²) < 4.78 is 68.2. The molecule has 21 atom stereocenters. The van der Waals surface area contributed by atoms with Crippen LogP contribution in [0, 0.1) is 52.3 Å². The summed E-state index contributed by atoms with van der Waals surface area (Å²) in [5, 5.41) is 77.2. The van der Waals surface area contributed by atoms with E-state index in [9.17, 15) is 48.7 Å². The minimum atomic E-state index is -5.32. The maximum absolute atomic E-state index is 12.6. The molecule has 4 saturated carbocycles. The molecule has 57 heavy (non-hydrogen) atoms. The Morgan fingerprint density at radius 1 is 0.842 bits per heavy atom. The summed E-state index contributed by atoms with van der Waals surface area (Å²) in [6, 6.07) is 0. The van der Waals surface area contributed by atoms with Crippen LogP contribution in [-0.4, -0.2) is 149 Å². The first-order chi connectivity index (χ1) is 26.1. The van der Waals surface area contributed by atoms with Gasteiger partial charge in [0.1, 0.15) is 36.6 Å². The molecule has 0 aromatic carbocycles. The largest absolute Gasteiger partial charge is 1.00 e. The Morgan fingerprint density at radius 2 is 1.49 bits per heavy atom. The normalized spacial score (nSPS) is 49.3. The molecule has 0 amide bonds. The van der Waals surface area contributed by atoms with Gasteiger partial charge in [-0.2, -0.15) is 0 Å². The maximum Gasteiger partial charge on any atom is 1.00 e. The molecule has 6 fully saturated rings. The van der Waals surface area contributed by atoms with E-state index in [4.69, 9.17) is 27.9 Å². The number of hydrogen-bond acceptors (Lipinski definition) is 16. The number of fused-ring (bicyclic) bond motifs is 5. The molecular formula is C39H65NaO16S. The number of aliphatic hydroxyl groups excluding tert-OH is 6. The second kappa shape index (κ2) is 18.5. The second-order valence-corrected chi connectivity index (χ2v) is 19.5. The van der Waals surface area contributed by atoms with Crippen molar-refractivity contribution >= 4 is 10.4 Å². The van der Waals surface area contributed by atoms with E-state index in [0.717, 1.165) is 19.3 Å². The van der Waals surface area contributed by atoms with Crippen molar-refractivity contribution in [1.82, 2.24) is 0 Å². The Kier molecular flexibility index (Phi) is 15.6. The molecule has 0 unspecified atom stereocenters. The number of rotatable bonds is 12. The van der Waals surface area contributed by atoms with Gasteiger partial charge in [0.25, 0.3) is 0 Å². The van der Waals surface area contributed by atoms with Crippen molar-refractivity contribution in [3.05, 3.63) is 12.2 Å². The van der Waals surface area contributed by atoms with Crippen molar-refractivity contribution in [2.24, 2.45) is 52.3 Å². The zero-order valence-electron chi connectivity index (χ0n) is 34.3. The molecule has 2 heterocycles. The predicted molar refractivity (Wildman–Crippen MR) is 196 cm³/mol. The molecule has 0 bridgehead atoms. The van der Waals surface area contributed by atoms with E-state index in [2.05, 4.69) is 32.9 Å². The molecule has 0 radical (unpaired) electrons. The van der Waals surface area contributed by atoms with E-state index >= 15 is 0 Å². The van der Waals surface area contributed by atoms with E-state index in [1.807, 2.05) is 13.8 Å². The van der Waals surface area contributed by atoms with Crippen molar-refractivity contribution in [2.45, 2.75) is 153 Å². The van der Waals surface area contributed by atoms with Crippen molar-refractivity contribution in [3.63, 3.8) is 0 Å². The average Bonchev–Trinajstić information content (AvgIpc) is 3.40. The summed E-state index contributed by atoms with van der Waals surface area (Å²) in [5.41, 5.74) is -1.90. The minimum absolute atomic E-state index is 0. The number of methoxy groups -OCH3 is 1. The first-order valence-electron chi connectivity index (χ1n) is 20.3. The Morgan fingerprint density at radius 3 is 2.16 bits per heavy atom. The number of allylic oxidation sites excluding steroid dienone is 2. The second-order valence-electron chi connectivity index (χ2n) is 18.5. The number of aliphatic hydroxyl groups is 7. The Bertz CT molecular complexity index is 1490. The van der Waals surface area contributed by atoms with Crippen LogP contribution >= 0.6 is 0 Å². The number of ether oxygens (including phenoxy) is 5. The molecule has 0 aromatic rings. The molecule has 0 spiro atoms. The van der Waals surface area contributed by atoms with Crippen LogP contribution in [0.2, 0.25) is 0 Å². The van der Waals surface area contributed by atoms with Gasteiger partial charge < -0.3 is 64.0 Å². The Labute approximate surface area is 358 Å². The standard InChI is InChI=1S/C39H66O16S.Na/c1-19(21(3)16-51-35-33(31(28(44)18-52-35)55-56(47,48)49)54-36-32(50-6)30(45)27(43)17-53-36)7-8-20(2)23-14-25(41)34-38(23,5)12-10-29-37(4)11-9-22(40)13-24(37)26(42)15-39(29,34)46;/h7-8,19-36,40-46H,9-18H2,1-6H3,(H,47,48,49);/q;+1/p-1/b8-7+;/t19-,20-,21-,22+,23-,24-,25-,26+,27-,28-,29-,30+,31+,32-,33-,34-,35-,36+,37+,38-,39+;/m1./s1. The van der Waals surface area contributed by atoms with Crippen LogP contribution in [0.5, 0.6) is 0 Å². The summed E-state index contributed by atoms with van der Waals surface area (Å²) in [6.45, 7) is 9.75. The van der Waals surface area contributed by atoms with Crippen LogP contribution < -0.4 is 29.6 Å². The van der Waals surface area contributed by atoms with Gasteiger partial charge in [-0.05, 0) is 84.9 Å². The molecule has 7 N–H and O–H groups in total.